The van der Waals surface area contributed by atoms with Crippen LogP contribution in [0.2, 0.25) is 0 Å². The molecular weight excluding hydrogens is 384 g/mol. The molecule has 8 nitrogen and oxygen atoms in total. The number of imide groups is 1. The minimum absolute atomic E-state index is 0.0495. The summed E-state index contributed by atoms with van der Waals surface area (Å²) in [6.45, 7) is 4.67. The predicted molar refractivity (Wildman–Crippen MR) is 115 cm³/mol. The molecule has 2 aromatic carbocycles. The number of hydrogen-bond donors (Lipinski definition) is 2. The van der Waals surface area contributed by atoms with E-state index in [0.29, 0.717) is 30.1 Å². The summed E-state index contributed by atoms with van der Waals surface area (Å²) in [5, 5.41) is 4.98. The Bertz CT molecular complexity index is 888. The molecular formula is C22H26N4O4. The summed E-state index contributed by atoms with van der Waals surface area (Å²) < 4.78 is 5.07. The van der Waals surface area contributed by atoms with Crippen LogP contribution in [0.4, 0.5) is 16.2 Å². The summed E-state index contributed by atoms with van der Waals surface area (Å²) in [5.41, 5.74) is 2.33. The highest BCUT2D eigenvalue weighted by molar-refractivity contribution is 6.01. The molecule has 0 spiro atoms. The third-order valence-corrected chi connectivity index (χ3v) is 4.98. The number of nitrogens with zero attached hydrogens (tertiary/aromatic N) is 2. The highest BCUT2D eigenvalue weighted by atomic mass is 16.5. The largest absolute Gasteiger partial charge is 0.497 e. The minimum atomic E-state index is -0.561. The normalized spacial score (nSPS) is 14.1. The number of carbonyl (C=O) groups excluding carboxylic acids is 3. The average molecular weight is 410 g/mol. The van der Waals surface area contributed by atoms with Gasteiger partial charge < -0.3 is 15.0 Å². The number of nitrogens with one attached hydrogen (secondary N) is 2. The second-order valence-corrected chi connectivity index (χ2v) is 7.10. The van der Waals surface area contributed by atoms with Crippen molar-refractivity contribution in [1.82, 2.24) is 10.2 Å². The number of ketones is 1. The van der Waals surface area contributed by atoms with Gasteiger partial charge >= 0.3 is 6.03 Å². The first-order chi connectivity index (χ1) is 14.4. The third-order valence-electron chi connectivity index (χ3n) is 4.98. The Morgan fingerprint density at radius 2 is 1.57 bits per heavy atom. The number of amides is 3. The van der Waals surface area contributed by atoms with Gasteiger partial charge in [-0.2, -0.15) is 0 Å². The number of Topliss-reactive ketones (excluding diaryl/α,β-unsaturated/α-hetero) is 1. The van der Waals surface area contributed by atoms with Gasteiger partial charge in [0.25, 0.3) is 0 Å². The fourth-order valence-corrected chi connectivity index (χ4v) is 3.28. The van der Waals surface area contributed by atoms with Gasteiger partial charge in [-0.1, -0.05) is 0 Å². The smallest absolute Gasteiger partial charge is 0.325 e. The molecule has 0 saturated carbocycles. The van der Waals surface area contributed by atoms with E-state index in [1.165, 1.54) is 0 Å². The predicted octanol–water partition coefficient (Wildman–Crippen LogP) is 2.37. The van der Waals surface area contributed by atoms with E-state index in [1.54, 1.807) is 38.3 Å². The number of piperazine rings is 1. The van der Waals surface area contributed by atoms with Crippen LogP contribution in [0.3, 0.4) is 0 Å². The van der Waals surface area contributed by atoms with Crippen LogP contribution in [0.25, 0.3) is 0 Å². The van der Waals surface area contributed by atoms with E-state index in [1.807, 2.05) is 29.2 Å². The zero-order chi connectivity index (χ0) is 21.5. The summed E-state index contributed by atoms with van der Waals surface area (Å²) in [5.74, 6) is 0.389. The van der Waals surface area contributed by atoms with Gasteiger partial charge in [-0.25, -0.2) is 4.79 Å². The Morgan fingerprint density at radius 1 is 0.933 bits per heavy atom. The van der Waals surface area contributed by atoms with Crippen molar-refractivity contribution in [3.63, 3.8) is 0 Å². The standard InChI is InChI=1S/C22H26N4O4/c1-16(27)17-3-7-19(8-4-17)26-13-11-25(12-14-26)15-21(28)24-22(29)23-18-5-9-20(30-2)10-6-18/h3-10H,11-15H2,1-2H3,(H2,23,24,28,29). The molecule has 0 aliphatic carbocycles. The van der Waals surface area contributed by atoms with Crippen molar-refractivity contribution >= 4 is 29.1 Å². The summed E-state index contributed by atoms with van der Waals surface area (Å²) in [6, 6.07) is 13.9. The first kappa shape index (κ1) is 21.3. The molecule has 0 atom stereocenters. The maximum absolute atomic E-state index is 12.2. The number of methoxy groups -OCH3 is 1. The van der Waals surface area contributed by atoms with Crippen LogP contribution in [-0.4, -0.2) is 62.5 Å². The molecule has 3 rings (SSSR count). The molecule has 1 saturated heterocycles. The molecule has 158 valence electrons. The quantitative estimate of drug-likeness (QED) is 0.711. The lowest BCUT2D eigenvalue weighted by Gasteiger charge is -2.35. The molecule has 0 radical (unpaired) electrons. The van der Waals surface area contributed by atoms with E-state index in [2.05, 4.69) is 15.5 Å². The van der Waals surface area contributed by atoms with Crippen molar-refractivity contribution < 1.29 is 19.1 Å². The number of benzene rings is 2. The summed E-state index contributed by atoms with van der Waals surface area (Å²) in [4.78, 5) is 39.8. The fourth-order valence-electron chi connectivity index (χ4n) is 3.28. The summed E-state index contributed by atoms with van der Waals surface area (Å²) >= 11 is 0. The second kappa shape index (κ2) is 9.89. The van der Waals surface area contributed by atoms with Gasteiger partial charge in [0, 0.05) is 43.1 Å². The molecule has 0 unspecified atom stereocenters. The highest BCUT2D eigenvalue weighted by Crippen LogP contribution is 2.18. The van der Waals surface area contributed by atoms with Gasteiger partial charge in [0.2, 0.25) is 5.91 Å². The molecule has 8 heteroatoms. The van der Waals surface area contributed by atoms with Crippen LogP contribution < -0.4 is 20.3 Å². The van der Waals surface area contributed by atoms with Crippen molar-refractivity contribution in [3.8, 4) is 5.75 Å². The molecule has 30 heavy (non-hydrogen) atoms. The van der Waals surface area contributed by atoms with Crippen LogP contribution in [0, 0.1) is 0 Å². The number of hydrogen-bond acceptors (Lipinski definition) is 6. The number of rotatable bonds is 6. The van der Waals surface area contributed by atoms with E-state index >= 15 is 0 Å². The van der Waals surface area contributed by atoms with E-state index in [0.717, 1.165) is 18.8 Å². The number of anilines is 2. The van der Waals surface area contributed by atoms with Crippen molar-refractivity contribution in [3.05, 3.63) is 54.1 Å². The van der Waals surface area contributed by atoms with Crippen LogP contribution in [0.5, 0.6) is 5.75 Å². The van der Waals surface area contributed by atoms with Gasteiger partial charge in [0.05, 0.1) is 13.7 Å². The average Bonchev–Trinajstić information content (AvgIpc) is 2.74. The molecule has 1 heterocycles. The van der Waals surface area contributed by atoms with Crippen molar-refractivity contribution in [2.24, 2.45) is 0 Å². The van der Waals surface area contributed by atoms with E-state index in [-0.39, 0.29) is 18.2 Å². The van der Waals surface area contributed by atoms with Crippen molar-refractivity contribution in [2.75, 3.05) is 50.1 Å². The summed E-state index contributed by atoms with van der Waals surface area (Å²) in [7, 11) is 1.57. The highest BCUT2D eigenvalue weighted by Gasteiger charge is 2.20. The van der Waals surface area contributed by atoms with E-state index in [9.17, 15) is 14.4 Å². The Morgan fingerprint density at radius 3 is 2.13 bits per heavy atom. The maximum Gasteiger partial charge on any atom is 0.325 e. The zero-order valence-electron chi connectivity index (χ0n) is 17.2. The molecule has 1 fully saturated rings. The van der Waals surface area contributed by atoms with Gasteiger partial charge in [-0.05, 0) is 55.5 Å². The SMILES string of the molecule is COc1ccc(NC(=O)NC(=O)CN2CCN(c3ccc(C(C)=O)cc3)CC2)cc1. The van der Waals surface area contributed by atoms with E-state index < -0.39 is 6.03 Å². The van der Waals surface area contributed by atoms with E-state index in [4.69, 9.17) is 4.74 Å². The maximum atomic E-state index is 12.2. The van der Waals surface area contributed by atoms with Crippen LogP contribution >= 0.6 is 0 Å². The lowest BCUT2D eigenvalue weighted by atomic mass is 10.1. The molecule has 1 aliphatic rings. The van der Waals surface area contributed by atoms with Crippen LogP contribution in [0.15, 0.2) is 48.5 Å². The molecule has 1 aliphatic heterocycles. The topological polar surface area (TPSA) is 91.0 Å². The molecule has 3 amide bonds. The molecule has 0 bridgehead atoms. The van der Waals surface area contributed by atoms with Gasteiger partial charge in [-0.15, -0.1) is 0 Å². The Labute approximate surface area is 175 Å². The molecule has 2 N–H and O–H groups in total. The Balaban J connectivity index is 1.42. The lowest BCUT2D eigenvalue weighted by molar-refractivity contribution is -0.121. The van der Waals surface area contributed by atoms with Crippen molar-refractivity contribution in [2.45, 2.75) is 6.92 Å². The van der Waals surface area contributed by atoms with Crippen LogP contribution in [0.1, 0.15) is 17.3 Å². The minimum Gasteiger partial charge on any atom is -0.497 e. The first-order valence-electron chi connectivity index (χ1n) is 9.78. The van der Waals surface area contributed by atoms with Gasteiger partial charge in [-0.3, -0.25) is 19.8 Å². The van der Waals surface area contributed by atoms with Crippen molar-refractivity contribution in [1.29, 1.82) is 0 Å². The third kappa shape index (κ3) is 5.81. The first-order valence-corrected chi connectivity index (χ1v) is 9.78. The number of ether oxygens (including phenoxy) is 1. The van der Waals surface area contributed by atoms with Gasteiger partial charge in [0.15, 0.2) is 5.78 Å². The Kier molecular flexibility index (Phi) is 7.03. The zero-order valence-corrected chi connectivity index (χ0v) is 17.2. The Hall–Kier alpha value is -3.39. The van der Waals surface area contributed by atoms with Gasteiger partial charge in [0.1, 0.15) is 5.75 Å². The number of carbonyl (C=O) groups is 3. The fraction of sp³-hybridized carbons (Fsp3) is 0.318. The second-order valence-electron chi connectivity index (χ2n) is 7.10. The number of urea groups is 1. The van der Waals surface area contributed by atoms with Crippen LogP contribution in [-0.2, 0) is 4.79 Å². The molecule has 2 aromatic rings. The summed E-state index contributed by atoms with van der Waals surface area (Å²) in [6.07, 6.45) is 0. The molecule has 0 aromatic heterocycles. The monoisotopic (exact) mass is 410 g/mol. The lowest BCUT2D eigenvalue weighted by Crippen LogP contribution is -2.50.